The van der Waals surface area contributed by atoms with Gasteiger partial charge in [-0.2, -0.15) is 0 Å². The van der Waals surface area contributed by atoms with Gasteiger partial charge in [0, 0.05) is 5.56 Å². The number of carbonyl (C=O) groups excluding carboxylic acids is 1. The molecule has 1 aromatic carbocycles. The molecule has 1 heterocycles. The first-order chi connectivity index (χ1) is 7.18. The van der Waals surface area contributed by atoms with Crippen LogP contribution in [0.3, 0.4) is 0 Å². The first kappa shape index (κ1) is 9.67. The van der Waals surface area contributed by atoms with Gasteiger partial charge in [0.05, 0.1) is 0 Å². The van der Waals surface area contributed by atoms with E-state index in [1.807, 2.05) is 6.07 Å². The smallest absolute Gasteiger partial charge is 0.387 e. The van der Waals surface area contributed by atoms with Crippen molar-refractivity contribution < 1.29 is 9.21 Å². The number of halogens is 1. The highest BCUT2D eigenvalue weighted by atomic mass is 35.5. The highest BCUT2D eigenvalue weighted by Gasteiger charge is 2.13. The van der Waals surface area contributed by atoms with Crippen molar-refractivity contribution in [1.82, 2.24) is 9.78 Å². The third-order valence-corrected chi connectivity index (χ3v) is 1.90. The summed E-state index contributed by atoms with van der Waals surface area (Å²) in [6.45, 7) is 0. The van der Waals surface area contributed by atoms with Gasteiger partial charge >= 0.3 is 11.1 Å². The highest BCUT2D eigenvalue weighted by Crippen LogP contribution is 2.13. The molecule has 0 N–H and O–H groups in total. The maximum absolute atomic E-state index is 11.1. The van der Waals surface area contributed by atoms with Crippen LogP contribution in [0.1, 0.15) is 0 Å². The summed E-state index contributed by atoms with van der Waals surface area (Å²) >= 11 is 5.11. The number of rotatable bonds is 1. The van der Waals surface area contributed by atoms with Crippen molar-refractivity contribution in [1.29, 1.82) is 0 Å². The van der Waals surface area contributed by atoms with E-state index >= 15 is 0 Å². The molecule has 0 fully saturated rings. The van der Waals surface area contributed by atoms with Crippen molar-refractivity contribution in [3.8, 4) is 11.5 Å². The molecule has 5 nitrogen and oxygen atoms in total. The third kappa shape index (κ3) is 1.82. The second-order valence-corrected chi connectivity index (χ2v) is 3.03. The zero-order chi connectivity index (χ0) is 10.8. The molecule has 0 unspecified atom stereocenters. The summed E-state index contributed by atoms with van der Waals surface area (Å²) in [5.41, 5.74) is 0.603. The maximum atomic E-state index is 11.1. The molecule has 2 aromatic rings. The van der Waals surface area contributed by atoms with Gasteiger partial charge < -0.3 is 4.42 Å². The minimum Gasteiger partial charge on any atom is -0.387 e. The van der Waals surface area contributed by atoms with Crippen LogP contribution >= 0.6 is 11.6 Å². The van der Waals surface area contributed by atoms with Gasteiger partial charge in [-0.25, -0.2) is 4.79 Å². The molecule has 0 bridgehead atoms. The lowest BCUT2D eigenvalue weighted by Crippen LogP contribution is -2.18. The lowest BCUT2D eigenvalue weighted by atomic mass is 10.2. The van der Waals surface area contributed by atoms with Crippen LogP contribution in [0.5, 0.6) is 0 Å². The molecule has 1 aromatic heterocycles. The van der Waals surface area contributed by atoms with Gasteiger partial charge in [0.1, 0.15) is 0 Å². The Morgan fingerprint density at radius 1 is 1.33 bits per heavy atom. The van der Waals surface area contributed by atoms with Gasteiger partial charge in [-0.3, -0.25) is 4.79 Å². The number of benzene rings is 1. The van der Waals surface area contributed by atoms with Crippen molar-refractivity contribution >= 4 is 17.0 Å². The van der Waals surface area contributed by atoms with Crippen LogP contribution in [0.25, 0.3) is 11.5 Å². The number of carbonyl (C=O) groups is 1. The molecule has 0 amide bonds. The fraction of sp³-hybridized carbons (Fsp3) is 0. The average molecular weight is 225 g/mol. The molecule has 0 atom stereocenters. The zero-order valence-electron chi connectivity index (χ0n) is 7.38. The molecule has 0 aliphatic carbocycles. The number of hydrogen-bond donors (Lipinski definition) is 0. The number of nitrogens with zero attached hydrogens (tertiary/aromatic N) is 2. The summed E-state index contributed by atoms with van der Waals surface area (Å²) in [5.74, 6) is -0.830. The first-order valence-electron chi connectivity index (χ1n) is 4.04. The van der Waals surface area contributed by atoms with Crippen LogP contribution < -0.4 is 5.76 Å². The first-order valence-corrected chi connectivity index (χ1v) is 4.41. The Morgan fingerprint density at radius 3 is 2.53 bits per heavy atom. The highest BCUT2D eigenvalue weighted by molar-refractivity contribution is 6.63. The van der Waals surface area contributed by atoms with Crippen LogP contribution in [0.15, 0.2) is 39.5 Å². The predicted molar refractivity (Wildman–Crippen MR) is 52.8 cm³/mol. The molecule has 0 spiro atoms. The van der Waals surface area contributed by atoms with Crippen LogP contribution in [-0.2, 0) is 0 Å². The molecule has 0 radical (unpaired) electrons. The van der Waals surface area contributed by atoms with Gasteiger partial charge in [0.15, 0.2) is 0 Å². The summed E-state index contributed by atoms with van der Waals surface area (Å²) in [6.07, 6.45) is 0. The minimum absolute atomic E-state index is 0.0644. The van der Waals surface area contributed by atoms with Gasteiger partial charge in [-0.1, -0.05) is 18.2 Å². The summed E-state index contributed by atoms with van der Waals surface area (Å²) in [5, 5.41) is 2.64. The van der Waals surface area contributed by atoms with Crippen molar-refractivity contribution in [3.05, 3.63) is 40.9 Å². The molecule has 0 saturated heterocycles. The minimum atomic E-state index is -0.995. The van der Waals surface area contributed by atoms with Gasteiger partial charge in [-0.05, 0) is 23.7 Å². The lowest BCUT2D eigenvalue weighted by molar-refractivity contribution is 0.257. The van der Waals surface area contributed by atoms with E-state index in [9.17, 15) is 9.59 Å². The molecular weight excluding hydrogens is 220 g/mol. The Hall–Kier alpha value is -1.88. The molecule has 15 heavy (non-hydrogen) atoms. The van der Waals surface area contributed by atoms with Gasteiger partial charge in [-0.15, -0.1) is 9.78 Å². The molecule has 76 valence electrons. The van der Waals surface area contributed by atoms with Crippen LogP contribution in [0, 0.1) is 0 Å². The molecule has 0 aliphatic heterocycles. The summed E-state index contributed by atoms with van der Waals surface area (Å²) in [6, 6.07) is 8.74. The Labute approximate surface area is 88.9 Å². The van der Waals surface area contributed by atoms with Crippen molar-refractivity contribution in [2.45, 2.75) is 0 Å². The van der Waals surface area contributed by atoms with E-state index in [1.165, 1.54) is 0 Å². The zero-order valence-corrected chi connectivity index (χ0v) is 8.14. The van der Waals surface area contributed by atoms with Gasteiger partial charge in [0.2, 0.25) is 5.89 Å². The second kappa shape index (κ2) is 3.70. The Kier molecular flexibility index (Phi) is 2.39. The van der Waals surface area contributed by atoms with Crippen LogP contribution in [0.4, 0.5) is 4.79 Å². The van der Waals surface area contributed by atoms with Crippen molar-refractivity contribution in [3.63, 3.8) is 0 Å². The monoisotopic (exact) mass is 224 g/mol. The fourth-order valence-corrected chi connectivity index (χ4v) is 1.19. The topological polar surface area (TPSA) is 65.1 Å². The van der Waals surface area contributed by atoms with E-state index in [-0.39, 0.29) is 5.89 Å². The van der Waals surface area contributed by atoms with Gasteiger partial charge in [0.25, 0.3) is 0 Å². The average Bonchev–Trinajstić information content (AvgIpc) is 2.62. The van der Waals surface area contributed by atoms with E-state index < -0.39 is 11.1 Å². The molecular formula is C9H5ClN2O3. The lowest BCUT2D eigenvalue weighted by Gasteiger charge is -1.90. The second-order valence-electron chi connectivity index (χ2n) is 2.70. The van der Waals surface area contributed by atoms with Crippen LogP contribution in [-0.4, -0.2) is 15.1 Å². The van der Waals surface area contributed by atoms with E-state index in [0.717, 1.165) is 0 Å². The van der Waals surface area contributed by atoms with E-state index in [0.29, 0.717) is 10.2 Å². The quantitative estimate of drug-likeness (QED) is 0.692. The Morgan fingerprint density at radius 2 is 2.00 bits per heavy atom. The predicted octanol–water partition coefficient (Wildman–Crippen LogP) is 1.71. The summed E-state index contributed by atoms with van der Waals surface area (Å²) in [7, 11) is 0. The maximum Gasteiger partial charge on any atom is 0.445 e. The number of hydrogen-bond acceptors (Lipinski definition) is 4. The Bertz CT molecular complexity index is 544. The van der Waals surface area contributed by atoms with Crippen LogP contribution in [0.2, 0.25) is 0 Å². The van der Waals surface area contributed by atoms with E-state index in [1.54, 1.807) is 24.3 Å². The molecule has 0 aliphatic rings. The van der Waals surface area contributed by atoms with E-state index in [4.69, 9.17) is 16.0 Å². The molecule has 2 rings (SSSR count). The molecule has 6 heteroatoms. The Balaban J connectivity index is 2.53. The van der Waals surface area contributed by atoms with Crippen molar-refractivity contribution in [2.75, 3.05) is 0 Å². The molecule has 0 saturated carbocycles. The standard InChI is InChI=1S/C9H5ClN2O3/c10-8(13)12-9(14)15-7(11-12)6-4-2-1-3-5-6/h1-5H. The van der Waals surface area contributed by atoms with Crippen molar-refractivity contribution in [2.24, 2.45) is 0 Å². The normalized spacial score (nSPS) is 10.2. The summed E-state index contributed by atoms with van der Waals surface area (Å²) in [4.78, 5) is 21.8. The fourth-order valence-electron chi connectivity index (χ4n) is 1.09. The third-order valence-electron chi connectivity index (χ3n) is 1.74. The SMILES string of the molecule is O=C(Cl)n1nc(-c2ccccc2)oc1=O. The van der Waals surface area contributed by atoms with E-state index in [2.05, 4.69) is 5.10 Å². The number of aromatic nitrogens is 2. The summed E-state index contributed by atoms with van der Waals surface area (Å²) < 4.78 is 5.22. The largest absolute Gasteiger partial charge is 0.445 e.